The highest BCUT2D eigenvalue weighted by molar-refractivity contribution is 5.82. The molecule has 0 fully saturated rings. The fraction of sp³-hybridized carbons (Fsp3) is 0.371. The second kappa shape index (κ2) is 44.6. The van der Waals surface area contributed by atoms with E-state index in [1.54, 1.807) is 36.4 Å². The van der Waals surface area contributed by atoms with Crippen molar-refractivity contribution in [1.82, 2.24) is 0 Å². The highest BCUT2D eigenvalue weighted by Gasteiger charge is 1.87. The molecular formula is C35H60O4. The molecule has 39 heavy (non-hydrogen) atoms. The number of phenolic OH excluding ortho intramolecular Hbond substituents is 2. The lowest BCUT2D eigenvalue weighted by molar-refractivity contribution is 0.399. The lowest BCUT2D eigenvalue weighted by Gasteiger charge is -1.93. The molecular weight excluding hydrogens is 484 g/mol. The summed E-state index contributed by atoms with van der Waals surface area (Å²) < 4.78 is 0. The summed E-state index contributed by atoms with van der Waals surface area (Å²) in [5.74, 6) is 0.662. The maximum atomic E-state index is 8.85. The Morgan fingerprint density at radius 2 is 0.667 bits per heavy atom. The first-order valence-electron chi connectivity index (χ1n) is 13.5. The SMILES string of the molecule is C.CC.CC.CC.CC.CCc1ccc(O)cc1.CO.CO.Oc1ccccc1.c1ccc2ccccc2c1. The van der Waals surface area contributed by atoms with Crippen molar-refractivity contribution in [2.45, 2.75) is 76.2 Å². The third-order valence-electron chi connectivity index (χ3n) is 3.76. The van der Waals surface area contributed by atoms with E-state index in [2.05, 4.69) is 55.5 Å². The molecule has 0 aliphatic carbocycles. The summed E-state index contributed by atoms with van der Waals surface area (Å²) in [4.78, 5) is 0. The van der Waals surface area contributed by atoms with E-state index >= 15 is 0 Å². The molecule has 0 bridgehead atoms. The minimum atomic E-state index is 0. The molecule has 0 aliphatic heterocycles. The van der Waals surface area contributed by atoms with E-state index in [-0.39, 0.29) is 7.43 Å². The van der Waals surface area contributed by atoms with Gasteiger partial charge < -0.3 is 20.4 Å². The number of aromatic hydroxyl groups is 2. The third kappa shape index (κ3) is 30.8. The lowest BCUT2D eigenvalue weighted by atomic mass is 10.1. The minimum Gasteiger partial charge on any atom is -0.508 e. The average Bonchev–Trinajstić information content (AvgIpc) is 3.04. The number of phenols is 2. The Morgan fingerprint density at radius 3 is 0.897 bits per heavy atom. The van der Waals surface area contributed by atoms with Crippen LogP contribution in [0.15, 0.2) is 103 Å². The topological polar surface area (TPSA) is 80.9 Å². The lowest BCUT2D eigenvalue weighted by Crippen LogP contribution is -1.75. The molecule has 0 spiro atoms. The molecule has 0 radical (unpaired) electrons. The van der Waals surface area contributed by atoms with E-state index in [1.165, 1.54) is 16.3 Å². The standard InChI is InChI=1S/C10H8.C8H10O.C6H6O.4C2H6.2CH4O.CH4/c1-2-6-10-8-4-3-7-9(10)5-1;1-2-7-3-5-8(9)6-4-7;7-6-4-2-1-3-5-6;6*1-2;/h1-8H;3-6,9H,2H2,1H3;1-5,7H;4*1-2H3;2*2H,1H3;1H4. The highest BCUT2D eigenvalue weighted by atomic mass is 16.3. The number of para-hydroxylation sites is 1. The normalized spacial score (nSPS) is 7.21. The van der Waals surface area contributed by atoms with E-state index in [9.17, 15) is 0 Å². The number of fused-ring (bicyclic) bond motifs is 1. The number of hydrogen-bond acceptors (Lipinski definition) is 4. The van der Waals surface area contributed by atoms with Gasteiger partial charge in [-0.15, -0.1) is 0 Å². The van der Waals surface area contributed by atoms with Crippen LogP contribution >= 0.6 is 0 Å². The predicted molar refractivity (Wildman–Crippen MR) is 178 cm³/mol. The van der Waals surface area contributed by atoms with Gasteiger partial charge in [-0.3, -0.25) is 0 Å². The summed E-state index contributed by atoms with van der Waals surface area (Å²) in [6.45, 7) is 18.1. The van der Waals surface area contributed by atoms with E-state index in [0.29, 0.717) is 11.5 Å². The summed E-state index contributed by atoms with van der Waals surface area (Å²) in [5.41, 5.74) is 1.26. The Morgan fingerprint density at radius 1 is 0.410 bits per heavy atom. The number of benzene rings is 4. The molecule has 224 valence electrons. The molecule has 0 aromatic heterocycles. The number of rotatable bonds is 1. The fourth-order valence-corrected chi connectivity index (χ4v) is 2.29. The molecule has 0 atom stereocenters. The monoisotopic (exact) mass is 544 g/mol. The molecule has 4 nitrogen and oxygen atoms in total. The molecule has 0 aliphatic rings. The molecule has 0 saturated carbocycles. The number of hydrogen-bond donors (Lipinski definition) is 4. The highest BCUT2D eigenvalue weighted by Crippen LogP contribution is 2.11. The van der Waals surface area contributed by atoms with Crippen molar-refractivity contribution in [3.63, 3.8) is 0 Å². The van der Waals surface area contributed by atoms with Crippen LogP contribution in [0, 0.1) is 0 Å². The minimum absolute atomic E-state index is 0. The van der Waals surface area contributed by atoms with Gasteiger partial charge >= 0.3 is 0 Å². The zero-order valence-corrected chi connectivity index (χ0v) is 25.8. The average molecular weight is 545 g/mol. The molecule has 0 amide bonds. The van der Waals surface area contributed by atoms with Crippen LogP contribution in [-0.2, 0) is 6.42 Å². The first-order chi connectivity index (χ1) is 18.7. The van der Waals surface area contributed by atoms with Crippen LogP contribution in [0.4, 0.5) is 0 Å². The van der Waals surface area contributed by atoms with Crippen LogP contribution in [0.5, 0.6) is 11.5 Å². The summed E-state index contributed by atoms with van der Waals surface area (Å²) in [6, 6.07) is 32.7. The Hall–Kier alpha value is -3.34. The molecule has 0 saturated heterocycles. The number of aliphatic hydroxyl groups excluding tert-OH is 2. The van der Waals surface area contributed by atoms with E-state index in [0.717, 1.165) is 20.6 Å². The van der Waals surface area contributed by atoms with Gasteiger partial charge in [-0.1, -0.05) is 149 Å². The van der Waals surface area contributed by atoms with Gasteiger partial charge in [-0.2, -0.15) is 0 Å². The van der Waals surface area contributed by atoms with Crippen molar-refractivity contribution in [1.29, 1.82) is 0 Å². The van der Waals surface area contributed by atoms with Crippen LogP contribution in [0.3, 0.4) is 0 Å². The number of aliphatic hydroxyl groups is 2. The van der Waals surface area contributed by atoms with Crippen molar-refractivity contribution in [3.05, 3.63) is 109 Å². The van der Waals surface area contributed by atoms with Gasteiger partial charge in [0.15, 0.2) is 0 Å². The summed E-state index contributed by atoms with van der Waals surface area (Å²) in [7, 11) is 2.00. The zero-order chi connectivity index (χ0) is 30.6. The fourth-order valence-electron chi connectivity index (χ4n) is 2.29. The Bertz CT molecular complexity index is 827. The van der Waals surface area contributed by atoms with Gasteiger partial charge in [0.05, 0.1) is 0 Å². The summed E-state index contributed by atoms with van der Waals surface area (Å²) in [6.07, 6.45) is 1.03. The molecule has 4 N–H and O–H groups in total. The smallest absolute Gasteiger partial charge is 0.115 e. The molecule has 0 heterocycles. The quantitative estimate of drug-likeness (QED) is 0.192. The second-order valence-corrected chi connectivity index (χ2v) is 5.70. The molecule has 4 aromatic carbocycles. The van der Waals surface area contributed by atoms with Crippen LogP contribution < -0.4 is 0 Å². The maximum absolute atomic E-state index is 8.85. The summed E-state index contributed by atoms with van der Waals surface area (Å²) >= 11 is 0. The van der Waals surface area contributed by atoms with Crippen LogP contribution in [0.25, 0.3) is 10.8 Å². The van der Waals surface area contributed by atoms with Gasteiger partial charge in [0, 0.05) is 14.2 Å². The molecule has 4 heteroatoms. The largest absolute Gasteiger partial charge is 0.508 e. The second-order valence-electron chi connectivity index (χ2n) is 5.70. The van der Waals surface area contributed by atoms with Crippen molar-refractivity contribution in [3.8, 4) is 11.5 Å². The summed E-state index contributed by atoms with van der Waals surface area (Å²) in [5, 5.41) is 34.1. The Kier molecular flexibility index (Phi) is 55.7. The molecule has 4 rings (SSSR count). The number of aryl methyl sites for hydroxylation is 1. The molecule has 0 unspecified atom stereocenters. The third-order valence-corrected chi connectivity index (χ3v) is 3.76. The van der Waals surface area contributed by atoms with Gasteiger partial charge in [0.25, 0.3) is 0 Å². The van der Waals surface area contributed by atoms with Crippen LogP contribution in [0.2, 0.25) is 0 Å². The van der Waals surface area contributed by atoms with Crippen LogP contribution in [0.1, 0.15) is 75.3 Å². The van der Waals surface area contributed by atoms with Gasteiger partial charge in [0.2, 0.25) is 0 Å². The molecule has 4 aromatic rings. The zero-order valence-electron chi connectivity index (χ0n) is 25.8. The van der Waals surface area contributed by atoms with E-state index < -0.39 is 0 Å². The Labute approximate surface area is 241 Å². The van der Waals surface area contributed by atoms with Crippen molar-refractivity contribution < 1.29 is 20.4 Å². The predicted octanol–water partition coefficient (Wildman–Crippen LogP) is 10.1. The van der Waals surface area contributed by atoms with Crippen LogP contribution in [-0.4, -0.2) is 34.6 Å². The maximum Gasteiger partial charge on any atom is 0.115 e. The van der Waals surface area contributed by atoms with Crippen molar-refractivity contribution >= 4 is 10.8 Å². The van der Waals surface area contributed by atoms with E-state index in [1.807, 2.05) is 73.6 Å². The van der Waals surface area contributed by atoms with Gasteiger partial charge in [0.1, 0.15) is 11.5 Å². The van der Waals surface area contributed by atoms with E-state index in [4.69, 9.17) is 20.4 Å². The van der Waals surface area contributed by atoms with Crippen molar-refractivity contribution in [2.24, 2.45) is 0 Å². The van der Waals surface area contributed by atoms with Gasteiger partial charge in [-0.25, -0.2) is 0 Å². The van der Waals surface area contributed by atoms with Crippen molar-refractivity contribution in [2.75, 3.05) is 14.2 Å². The first-order valence-corrected chi connectivity index (χ1v) is 13.5. The van der Waals surface area contributed by atoms with Gasteiger partial charge in [-0.05, 0) is 47.0 Å². The first kappa shape index (κ1) is 48.7. The Balaban J connectivity index is -0.0000000875.